The normalized spacial score (nSPS) is 19.3. The van der Waals surface area contributed by atoms with Crippen molar-refractivity contribution in [2.75, 3.05) is 0 Å². The highest BCUT2D eigenvalue weighted by Gasteiger charge is 2.66. The zero-order valence-electron chi connectivity index (χ0n) is 22.9. The van der Waals surface area contributed by atoms with Crippen LogP contribution < -0.4 is 0 Å². The number of hydrogen-bond acceptors (Lipinski definition) is 2. The van der Waals surface area contributed by atoms with E-state index in [1.165, 1.54) is 0 Å². The fourth-order valence-corrected chi connectivity index (χ4v) is 35.8. The molecule has 0 heterocycles. The molecule has 196 valence electrons. The summed E-state index contributed by atoms with van der Waals surface area (Å²) in [5.41, 5.74) is 0. The van der Waals surface area contributed by atoms with E-state index >= 15 is 0 Å². The van der Waals surface area contributed by atoms with Crippen molar-refractivity contribution < 1.29 is 19.8 Å². The highest BCUT2D eigenvalue weighted by atomic mass is 28.3. The Morgan fingerprint density at radius 3 is 0.879 bits per heavy atom. The fourth-order valence-electron chi connectivity index (χ4n) is 6.46. The van der Waals surface area contributed by atoms with Crippen molar-refractivity contribution in [3.05, 3.63) is 0 Å². The lowest BCUT2D eigenvalue weighted by atomic mass is 10.1. The van der Waals surface area contributed by atoms with E-state index in [4.69, 9.17) is 0 Å². The Morgan fingerprint density at radius 1 is 0.485 bits per heavy atom. The predicted octanol–water partition coefficient (Wildman–Crippen LogP) is 2.49. The van der Waals surface area contributed by atoms with Crippen LogP contribution in [0.25, 0.3) is 0 Å². The molecule has 0 bridgehead atoms. The number of carboxylic acids is 2. The highest BCUT2D eigenvalue weighted by molar-refractivity contribution is 6.86. The van der Waals surface area contributed by atoms with Gasteiger partial charge in [-0.2, -0.15) is 0 Å². The van der Waals surface area contributed by atoms with Crippen LogP contribution in [0.3, 0.4) is 0 Å². The van der Waals surface area contributed by atoms with E-state index in [0.717, 1.165) is 74.8 Å². The van der Waals surface area contributed by atoms with Gasteiger partial charge in [-0.3, -0.25) is 9.59 Å². The molecule has 0 spiro atoms. The minimum Gasteiger partial charge on any atom is -0.481 e. The van der Waals surface area contributed by atoms with Crippen molar-refractivity contribution in [1.29, 1.82) is 0 Å². The summed E-state index contributed by atoms with van der Waals surface area (Å²) in [5.74, 6) is -1.01. The Morgan fingerprint density at radius 2 is 0.697 bits per heavy atom. The van der Waals surface area contributed by atoms with E-state index in [1.54, 1.807) is 0 Å². The molecule has 10 heteroatoms. The third-order valence-electron chi connectivity index (χ3n) is 8.39. The van der Waals surface area contributed by atoms with Crippen LogP contribution in [-0.4, -0.2) is 79.3 Å². The molecule has 2 N–H and O–H groups in total. The van der Waals surface area contributed by atoms with Crippen molar-refractivity contribution in [3.8, 4) is 0 Å². The maximum Gasteiger partial charge on any atom is 0.302 e. The van der Waals surface area contributed by atoms with Gasteiger partial charge in [0.1, 0.15) is 0 Å². The molecular weight excluding hydrogens is 509 g/mol. The lowest BCUT2D eigenvalue weighted by Gasteiger charge is -2.58. The van der Waals surface area contributed by atoms with Gasteiger partial charge in [0, 0.05) is 66.4 Å². The van der Waals surface area contributed by atoms with Crippen molar-refractivity contribution >= 4 is 69.1 Å². The number of aliphatic carboxylic acids is 2. The summed E-state index contributed by atoms with van der Waals surface area (Å²) >= 11 is 0. The average Bonchev–Trinajstić information content (AvgIpc) is 2.80. The van der Waals surface area contributed by atoms with Crippen LogP contribution in [0.4, 0.5) is 0 Å². The third kappa shape index (κ3) is 8.13. The van der Waals surface area contributed by atoms with E-state index < -0.39 is 78.4 Å². The summed E-state index contributed by atoms with van der Waals surface area (Å²) in [6, 6.07) is 6.67. The van der Waals surface area contributed by atoms with E-state index in [-0.39, 0.29) is 4.66 Å². The Bertz CT molecular complexity index is 497. The highest BCUT2D eigenvalue weighted by Crippen LogP contribution is 2.66. The van der Waals surface area contributed by atoms with E-state index in [0.29, 0.717) is 0 Å². The van der Waals surface area contributed by atoms with Gasteiger partial charge in [-0.1, -0.05) is 116 Å². The monoisotopic (exact) mass is 564 g/mol. The molecule has 0 aliphatic rings. The molecule has 4 nitrogen and oxygen atoms in total. The smallest absolute Gasteiger partial charge is 0.302 e. The molecule has 0 aromatic heterocycles. The van der Waals surface area contributed by atoms with Gasteiger partial charge < -0.3 is 10.2 Å². The number of hydrogen-bond donors (Lipinski definition) is 2. The largest absolute Gasteiger partial charge is 0.481 e. The first-order chi connectivity index (χ1) is 15.8. The van der Waals surface area contributed by atoms with Crippen LogP contribution >= 0.6 is 0 Å². The Labute approximate surface area is 218 Å². The fraction of sp³-hybridized carbons (Fsp3) is 0.913. The maximum absolute atomic E-state index is 13.6. The van der Waals surface area contributed by atoms with Crippen molar-refractivity contribution in [2.45, 2.75) is 130 Å². The molecule has 0 aliphatic carbocycles. The second-order valence-electron chi connectivity index (χ2n) is 10.5. The van der Waals surface area contributed by atoms with Gasteiger partial charge in [-0.05, 0) is 4.66 Å². The Hall–Kier alpha value is 0.241. The Kier molecular flexibility index (Phi) is 17.8. The van der Waals surface area contributed by atoms with Crippen LogP contribution in [0.1, 0.15) is 80.1 Å². The second-order valence-corrected chi connectivity index (χ2v) is 28.0. The molecule has 0 fully saturated rings. The zero-order valence-corrected chi connectivity index (χ0v) is 31.4. The first kappa shape index (κ1) is 33.2. The minimum atomic E-state index is -0.855. The summed E-state index contributed by atoms with van der Waals surface area (Å²) in [4.78, 5) is 27.1. The summed E-state index contributed by atoms with van der Waals surface area (Å²) in [6.07, 6.45) is 6.50. The third-order valence-corrected chi connectivity index (χ3v) is 36.9. The Balaban J connectivity index is 7.42. The van der Waals surface area contributed by atoms with Gasteiger partial charge in [-0.15, -0.1) is 0 Å². The van der Waals surface area contributed by atoms with Gasteiger partial charge in [0.25, 0.3) is 0 Å². The maximum atomic E-state index is 13.6. The number of carboxylic acid groups (broad SMARTS) is 2. The predicted molar refractivity (Wildman–Crippen MR) is 165 cm³/mol. The molecule has 33 heavy (non-hydrogen) atoms. The SMILES string of the molecule is CCC[SiH2]C([SiH2]CCC)(C(=O)O)C([SiH2]CCC)([SiH2]CCC)C([SiH2]CCC)([SiH2]CCC)C(=O)O. The van der Waals surface area contributed by atoms with E-state index in [9.17, 15) is 19.8 Å². The molecule has 0 atom stereocenters. The van der Waals surface area contributed by atoms with Gasteiger partial charge in [0.2, 0.25) is 0 Å². The van der Waals surface area contributed by atoms with Crippen LogP contribution in [0.15, 0.2) is 0 Å². The first-order valence-corrected chi connectivity index (χ1v) is 24.5. The molecule has 0 unspecified atom stereocenters. The topological polar surface area (TPSA) is 74.6 Å². The summed E-state index contributed by atoms with van der Waals surface area (Å²) in [5, 5.41) is 22.3. The molecular formula is C23H56O4Si6. The molecule has 0 amide bonds. The molecule has 0 aromatic rings. The molecule has 0 aromatic carbocycles. The van der Waals surface area contributed by atoms with Crippen molar-refractivity contribution in [3.63, 3.8) is 0 Å². The van der Waals surface area contributed by atoms with Crippen LogP contribution in [0, 0.1) is 0 Å². The van der Waals surface area contributed by atoms with Crippen molar-refractivity contribution in [2.24, 2.45) is 0 Å². The molecule has 0 aliphatic heterocycles. The quantitative estimate of drug-likeness (QED) is 0.198. The van der Waals surface area contributed by atoms with Crippen LogP contribution in [0.5, 0.6) is 0 Å². The van der Waals surface area contributed by atoms with Gasteiger partial charge in [-0.25, -0.2) is 0 Å². The molecule has 0 rings (SSSR count). The average molecular weight is 565 g/mol. The van der Waals surface area contributed by atoms with Crippen LogP contribution in [-0.2, 0) is 9.59 Å². The van der Waals surface area contributed by atoms with Gasteiger partial charge in [0.05, 0.1) is 0 Å². The summed E-state index contributed by atoms with van der Waals surface area (Å²) < 4.78 is -1.22. The van der Waals surface area contributed by atoms with E-state index in [2.05, 4.69) is 41.5 Å². The van der Waals surface area contributed by atoms with E-state index in [1.807, 2.05) is 0 Å². The summed E-state index contributed by atoms with van der Waals surface area (Å²) in [6.45, 7) is 13.3. The minimum absolute atomic E-state index is 0.199. The van der Waals surface area contributed by atoms with Gasteiger partial charge in [0.15, 0.2) is 0 Å². The molecule has 0 saturated carbocycles. The first-order valence-electron chi connectivity index (χ1n) is 14.2. The summed E-state index contributed by atoms with van der Waals surface area (Å²) in [7, 11) is -4.96. The second kappa shape index (κ2) is 17.6. The van der Waals surface area contributed by atoms with Gasteiger partial charge >= 0.3 is 11.9 Å². The lowest BCUT2D eigenvalue weighted by molar-refractivity contribution is -0.141. The standard InChI is InChI=1S/C23H56O4Si6/c1-7-13-28-21(19(24)25,29-14-8-2)23(32-17-11-5,33-18-12-6)22(20(26)27,30-15-9-3)31-16-10-4/h7-18,28-33H2,1-6H3,(H,24,25)(H,26,27). The van der Waals surface area contributed by atoms with Crippen molar-refractivity contribution in [1.82, 2.24) is 0 Å². The molecule has 0 radical (unpaired) electrons. The number of rotatable bonds is 22. The van der Waals surface area contributed by atoms with Crippen LogP contribution in [0.2, 0.25) is 50.2 Å². The zero-order chi connectivity index (χ0) is 25.4. The molecule has 0 saturated heterocycles. The lowest BCUT2D eigenvalue weighted by Crippen LogP contribution is -2.62. The number of carbonyl (C=O) groups is 2.